The molecule has 4 heteroatoms. The molecule has 224 valence electrons. The number of hydrogen-bond donors (Lipinski definition) is 1. The van der Waals surface area contributed by atoms with Gasteiger partial charge in [-0.25, -0.2) is 0 Å². The summed E-state index contributed by atoms with van der Waals surface area (Å²) in [7, 11) is 0. The highest BCUT2D eigenvalue weighted by Crippen LogP contribution is 2.16. The van der Waals surface area contributed by atoms with Gasteiger partial charge in [-0.05, 0) is 44.9 Å². The van der Waals surface area contributed by atoms with Crippen molar-refractivity contribution in [1.29, 1.82) is 0 Å². The third kappa shape index (κ3) is 29.2. The van der Waals surface area contributed by atoms with Gasteiger partial charge in [0.25, 0.3) is 0 Å². The number of rotatable bonds is 30. The van der Waals surface area contributed by atoms with E-state index in [1.807, 2.05) is 0 Å². The lowest BCUT2D eigenvalue weighted by molar-refractivity contribution is -0.153. The summed E-state index contributed by atoms with van der Waals surface area (Å²) in [4.78, 5) is 23.4. The fourth-order valence-corrected chi connectivity index (χ4v) is 5.02. The van der Waals surface area contributed by atoms with Crippen molar-refractivity contribution in [3.05, 3.63) is 12.2 Å². The van der Waals surface area contributed by atoms with Crippen molar-refractivity contribution >= 4 is 11.9 Å². The first-order valence-corrected chi connectivity index (χ1v) is 16.7. The monoisotopic (exact) mass is 536 g/mol. The van der Waals surface area contributed by atoms with E-state index in [9.17, 15) is 9.59 Å². The summed E-state index contributed by atoms with van der Waals surface area (Å²) >= 11 is 0. The maximum Gasteiger partial charge on any atom is 0.307 e. The smallest absolute Gasteiger partial charge is 0.307 e. The minimum absolute atomic E-state index is 0.0724. The summed E-state index contributed by atoms with van der Waals surface area (Å²) < 4.78 is 5.52. The van der Waals surface area contributed by atoms with Crippen molar-refractivity contribution in [2.24, 2.45) is 0 Å². The van der Waals surface area contributed by atoms with E-state index in [1.165, 1.54) is 128 Å². The molecule has 0 spiro atoms. The minimum Gasteiger partial charge on any atom is -0.481 e. The van der Waals surface area contributed by atoms with Crippen LogP contribution in [0.5, 0.6) is 0 Å². The second kappa shape index (κ2) is 30.2. The fourth-order valence-electron chi connectivity index (χ4n) is 5.02. The lowest BCUT2D eigenvalue weighted by atomic mass is 10.0. The van der Waals surface area contributed by atoms with Crippen molar-refractivity contribution in [3.8, 4) is 0 Å². The van der Waals surface area contributed by atoms with Gasteiger partial charge < -0.3 is 9.84 Å². The number of ether oxygens (including phenoxy) is 1. The molecule has 0 rings (SSSR count). The molecule has 0 fully saturated rings. The van der Waals surface area contributed by atoms with Crippen molar-refractivity contribution in [1.82, 2.24) is 0 Å². The average Bonchev–Trinajstić information content (AvgIpc) is 2.89. The molecule has 0 aliphatic rings. The molecule has 1 unspecified atom stereocenters. The molecule has 0 aliphatic carbocycles. The van der Waals surface area contributed by atoms with Crippen LogP contribution in [0, 0.1) is 0 Å². The molecule has 0 heterocycles. The van der Waals surface area contributed by atoms with Crippen LogP contribution in [0.2, 0.25) is 0 Å². The molecule has 38 heavy (non-hydrogen) atoms. The molecule has 0 aliphatic heterocycles. The van der Waals surface area contributed by atoms with E-state index in [0.717, 1.165) is 25.7 Å². The third-order valence-corrected chi connectivity index (χ3v) is 7.47. The fraction of sp³-hybridized carbons (Fsp3) is 0.882. The topological polar surface area (TPSA) is 63.6 Å². The first-order chi connectivity index (χ1) is 18.6. The molecule has 0 saturated carbocycles. The highest BCUT2D eigenvalue weighted by atomic mass is 16.5. The van der Waals surface area contributed by atoms with E-state index in [0.29, 0.717) is 12.8 Å². The van der Waals surface area contributed by atoms with Crippen molar-refractivity contribution < 1.29 is 19.4 Å². The molecule has 0 bridgehead atoms. The van der Waals surface area contributed by atoms with E-state index in [2.05, 4.69) is 26.0 Å². The number of allylic oxidation sites excluding steroid dienone is 2. The number of esters is 1. The van der Waals surface area contributed by atoms with Crippen molar-refractivity contribution in [3.63, 3.8) is 0 Å². The zero-order valence-electron chi connectivity index (χ0n) is 25.5. The Bertz CT molecular complexity index is 543. The van der Waals surface area contributed by atoms with Crippen LogP contribution in [0.4, 0.5) is 0 Å². The van der Waals surface area contributed by atoms with Crippen LogP contribution < -0.4 is 0 Å². The van der Waals surface area contributed by atoms with Crippen LogP contribution in [-0.2, 0) is 14.3 Å². The average molecular weight is 537 g/mol. The largest absolute Gasteiger partial charge is 0.481 e. The lowest BCUT2D eigenvalue weighted by Gasteiger charge is -2.16. The van der Waals surface area contributed by atoms with E-state index < -0.39 is 12.1 Å². The maximum absolute atomic E-state index is 12.2. The summed E-state index contributed by atoms with van der Waals surface area (Å²) in [5.74, 6) is -1.11. The number of carbonyl (C=O) groups excluding carboxylic acids is 1. The van der Waals surface area contributed by atoms with Crippen LogP contribution in [0.15, 0.2) is 12.2 Å². The third-order valence-electron chi connectivity index (χ3n) is 7.47. The van der Waals surface area contributed by atoms with E-state index in [1.54, 1.807) is 0 Å². The minimum atomic E-state index is -0.884. The van der Waals surface area contributed by atoms with Gasteiger partial charge in [-0.2, -0.15) is 0 Å². The number of carbonyl (C=O) groups is 2. The van der Waals surface area contributed by atoms with E-state index >= 15 is 0 Å². The number of unbranched alkanes of at least 4 members (excludes halogenated alkanes) is 21. The van der Waals surface area contributed by atoms with Gasteiger partial charge in [0.2, 0.25) is 0 Å². The predicted octanol–water partition coefficient (Wildman–Crippen LogP) is 11.1. The molecule has 0 saturated heterocycles. The van der Waals surface area contributed by atoms with E-state index in [4.69, 9.17) is 9.84 Å². The van der Waals surface area contributed by atoms with Gasteiger partial charge in [-0.3, -0.25) is 9.59 Å². The Morgan fingerprint density at radius 2 is 0.974 bits per heavy atom. The molecular formula is C34H64O4. The molecule has 1 atom stereocenters. The van der Waals surface area contributed by atoms with Gasteiger partial charge in [0.15, 0.2) is 0 Å². The standard InChI is InChI=1S/C34H64O4/c1-3-5-7-9-11-12-13-14-15-16-17-18-19-20-21-22-24-26-28-30-34(37)38-32(31-33(35)36)29-27-25-23-10-8-6-4-2/h14-15,32H,3-13,16-31H2,1-2H3,(H,35,36)/b15-14-. The number of hydrogen-bond acceptors (Lipinski definition) is 3. The molecule has 1 N–H and O–H groups in total. The number of carboxylic acid groups (broad SMARTS) is 1. The summed E-state index contributed by atoms with van der Waals surface area (Å²) in [6, 6.07) is 0. The van der Waals surface area contributed by atoms with E-state index in [-0.39, 0.29) is 12.4 Å². The Morgan fingerprint density at radius 1 is 0.579 bits per heavy atom. The Labute approximate surface area is 236 Å². The molecule has 0 amide bonds. The molecule has 4 nitrogen and oxygen atoms in total. The highest BCUT2D eigenvalue weighted by Gasteiger charge is 2.17. The van der Waals surface area contributed by atoms with Gasteiger partial charge in [0, 0.05) is 6.42 Å². The highest BCUT2D eigenvalue weighted by molar-refractivity contribution is 5.71. The Morgan fingerprint density at radius 3 is 1.42 bits per heavy atom. The van der Waals surface area contributed by atoms with Crippen LogP contribution in [0.1, 0.15) is 187 Å². The van der Waals surface area contributed by atoms with Gasteiger partial charge in [-0.1, -0.05) is 142 Å². The first-order valence-electron chi connectivity index (χ1n) is 16.7. The lowest BCUT2D eigenvalue weighted by Crippen LogP contribution is -2.21. The van der Waals surface area contributed by atoms with Gasteiger partial charge in [-0.15, -0.1) is 0 Å². The normalized spacial score (nSPS) is 12.3. The quantitative estimate of drug-likeness (QED) is 0.0563. The summed E-state index contributed by atoms with van der Waals surface area (Å²) in [6.07, 6.45) is 35.3. The maximum atomic E-state index is 12.2. The van der Waals surface area contributed by atoms with Crippen LogP contribution in [-0.4, -0.2) is 23.1 Å². The van der Waals surface area contributed by atoms with Crippen LogP contribution in [0.25, 0.3) is 0 Å². The zero-order chi connectivity index (χ0) is 27.9. The molecular weight excluding hydrogens is 472 g/mol. The Kier molecular flexibility index (Phi) is 29.2. The molecule has 0 radical (unpaired) electrons. The van der Waals surface area contributed by atoms with Crippen LogP contribution in [0.3, 0.4) is 0 Å². The van der Waals surface area contributed by atoms with Gasteiger partial charge in [0.05, 0.1) is 6.42 Å². The predicted molar refractivity (Wildman–Crippen MR) is 163 cm³/mol. The van der Waals surface area contributed by atoms with Crippen molar-refractivity contribution in [2.45, 2.75) is 193 Å². The second-order valence-corrected chi connectivity index (χ2v) is 11.4. The Hall–Kier alpha value is -1.32. The van der Waals surface area contributed by atoms with Gasteiger partial charge >= 0.3 is 11.9 Å². The summed E-state index contributed by atoms with van der Waals surface area (Å²) in [5.41, 5.74) is 0. The molecule has 0 aromatic carbocycles. The molecule has 0 aromatic heterocycles. The second-order valence-electron chi connectivity index (χ2n) is 11.4. The SMILES string of the molecule is CCCCCCCC/C=C\CCCCCCCCCCCC(=O)OC(CCCCCCCCC)CC(=O)O. The number of aliphatic carboxylic acids is 1. The van der Waals surface area contributed by atoms with Crippen LogP contribution >= 0.6 is 0 Å². The van der Waals surface area contributed by atoms with Crippen molar-refractivity contribution in [2.75, 3.05) is 0 Å². The first kappa shape index (κ1) is 36.7. The summed E-state index contributed by atoms with van der Waals surface area (Å²) in [5, 5.41) is 9.15. The zero-order valence-corrected chi connectivity index (χ0v) is 25.5. The van der Waals surface area contributed by atoms with Gasteiger partial charge in [0.1, 0.15) is 6.10 Å². The number of carboxylic acids is 1. The Balaban J connectivity index is 3.57. The summed E-state index contributed by atoms with van der Waals surface area (Å²) in [6.45, 7) is 4.48. The molecule has 0 aromatic rings.